The summed E-state index contributed by atoms with van der Waals surface area (Å²) in [7, 11) is 0. The first-order valence-electron chi connectivity index (χ1n) is 0. The maximum absolute atomic E-state index is 0. The molecule has 0 saturated carbocycles. The minimum Gasteiger partial charge on any atom is 0 e. The Morgan fingerprint density at radius 3 is 1.00 bits per heavy atom. The summed E-state index contributed by atoms with van der Waals surface area (Å²) >= 11 is 0. The van der Waals surface area contributed by atoms with E-state index < -0.39 is 0 Å². The van der Waals surface area contributed by atoms with E-state index in [0.717, 1.165) is 0 Å². The van der Waals surface area contributed by atoms with Gasteiger partial charge in [0.05, 0.1) is 8.41 Å². The van der Waals surface area contributed by atoms with Gasteiger partial charge in [-0.3, -0.25) is 0 Å². The van der Waals surface area contributed by atoms with Gasteiger partial charge >= 0.3 is 0 Å². The molecule has 0 aromatic rings. The van der Waals surface area contributed by atoms with E-state index in [9.17, 15) is 0 Å². The van der Waals surface area contributed by atoms with E-state index in [-0.39, 0.29) is 84.0 Å². The predicted octanol–water partition coefficient (Wildman–Crippen LogP) is -1.19. The van der Waals surface area contributed by atoms with Crippen LogP contribution in [0.25, 0.3) is 0 Å². The van der Waals surface area contributed by atoms with Crippen LogP contribution in [0.1, 0.15) is 0 Å². The van der Waals surface area contributed by atoms with Crippen LogP contribution >= 0.6 is 0 Å². The molecule has 0 bridgehead atoms. The minimum absolute atomic E-state index is 0. The first-order valence-corrected chi connectivity index (χ1v) is 0. The van der Waals surface area contributed by atoms with E-state index in [2.05, 4.69) is 0 Å². The Kier molecular flexibility index (Phi) is 329. The third kappa shape index (κ3) is 21.3. The molecule has 0 spiro atoms. The molecule has 0 rings (SSSR count). The van der Waals surface area contributed by atoms with Gasteiger partial charge in [-0.15, -0.1) is 0 Å². The molecule has 0 fully saturated rings. The Bertz CT molecular complexity index is 11.6. The van der Waals surface area contributed by atoms with Gasteiger partial charge in [0.25, 0.3) is 0 Å². The van der Waals surface area contributed by atoms with Crippen molar-refractivity contribution in [1.29, 1.82) is 0 Å². The first-order chi connectivity index (χ1) is 0. The van der Waals surface area contributed by atoms with E-state index >= 15 is 0 Å². The van der Waals surface area contributed by atoms with Gasteiger partial charge in [0.1, 0.15) is 0 Å². The van der Waals surface area contributed by atoms with Gasteiger partial charge in [-0.2, -0.15) is 0 Å². The third-order valence-electron chi connectivity index (χ3n) is 0. The fraction of sp³-hybridized carbons (Fsp3) is 0. The zero-order valence-electron chi connectivity index (χ0n) is 1.44. The molecule has 5 heavy (non-hydrogen) atoms. The van der Waals surface area contributed by atoms with Crippen molar-refractivity contribution in [3.8, 4) is 0 Å². The monoisotopic (exact) mass is 507 g/mol. The van der Waals surface area contributed by atoms with Crippen LogP contribution < -0.4 is 0 Å². The molecular weight excluding hydrogens is 503 g/mol. The van der Waals surface area contributed by atoms with E-state index in [1.54, 1.807) is 0 Å². The summed E-state index contributed by atoms with van der Waals surface area (Å²) in [5.41, 5.74) is 0. The smallest absolute Gasteiger partial charge is 0 e. The van der Waals surface area contributed by atoms with Crippen molar-refractivity contribution >= 4 is 8.41 Å². The molecule has 5 heteroatoms. The van der Waals surface area contributed by atoms with Crippen molar-refractivity contribution in [2.75, 3.05) is 0 Å². The van der Waals surface area contributed by atoms with Gasteiger partial charge in [0, 0.05) is 75.6 Å². The molecule has 0 heterocycles. The van der Waals surface area contributed by atoms with Crippen molar-refractivity contribution in [1.82, 2.24) is 0 Å². The van der Waals surface area contributed by atoms with Crippen molar-refractivity contribution in [2.24, 2.45) is 0 Å². The summed E-state index contributed by atoms with van der Waals surface area (Å²) in [5.74, 6) is 0. The Morgan fingerprint density at radius 2 is 1.00 bits per heavy atom. The fourth-order valence-electron chi connectivity index (χ4n) is 0. The van der Waals surface area contributed by atoms with Crippen LogP contribution in [-0.2, 0) is 75.6 Å². The maximum Gasteiger partial charge on any atom is 0.0814 e. The zero-order chi connectivity index (χ0) is 0. The topological polar surface area (TPSA) is 0 Å². The van der Waals surface area contributed by atoms with Crippen molar-refractivity contribution in [3.05, 3.63) is 0 Å². The van der Waals surface area contributed by atoms with E-state index in [4.69, 9.17) is 0 Å². The summed E-state index contributed by atoms with van der Waals surface area (Å²) in [6.45, 7) is 0. The second kappa shape index (κ2) is 31.9. The molecule has 0 aliphatic heterocycles. The molecule has 0 aromatic carbocycles. The quantitative estimate of drug-likeness (QED) is 0.363. The normalized spacial score (nSPS) is 0. The van der Waals surface area contributed by atoms with Crippen LogP contribution in [0.2, 0.25) is 0 Å². The van der Waals surface area contributed by atoms with Crippen LogP contribution in [0.5, 0.6) is 0 Å². The van der Waals surface area contributed by atoms with Gasteiger partial charge in [-0.1, -0.05) is 0 Å². The third-order valence-corrected chi connectivity index (χ3v) is 0. The average Bonchev–Trinajstić information content (AvgIpc) is 0. The number of hydrogen-bond acceptors (Lipinski definition) is 0. The van der Waals surface area contributed by atoms with Crippen LogP contribution in [0, 0.1) is 0 Å². The molecule has 2 radical (unpaired) electrons. The van der Waals surface area contributed by atoms with Gasteiger partial charge in [-0.05, 0) is 0 Å². The molecule has 0 unspecified atom stereocenters. The second-order valence-electron chi connectivity index (χ2n) is 0. The molecule has 0 amide bonds. The Balaban J connectivity index is 0. The van der Waals surface area contributed by atoms with Gasteiger partial charge < -0.3 is 0 Å². The summed E-state index contributed by atoms with van der Waals surface area (Å²) in [6.07, 6.45) is 0. The number of rotatable bonds is 0. The Morgan fingerprint density at radius 1 is 1.00 bits per heavy atom. The summed E-state index contributed by atoms with van der Waals surface area (Å²) in [5, 5.41) is 0. The molecule has 0 aliphatic carbocycles. The number of hydrogen-bond donors (Lipinski definition) is 0. The average molecular weight is 506 g/mol. The summed E-state index contributed by atoms with van der Waals surface area (Å²) in [4.78, 5) is 0. The molecule has 0 nitrogen and oxygen atoms in total. The van der Waals surface area contributed by atoms with E-state index in [0.29, 0.717) is 0 Å². The molecular formula is H3BCoCrPtRe. The SMILES string of the molecule is B.[Co].[Cr].[Pt].[Re]. The van der Waals surface area contributed by atoms with Gasteiger partial charge in [0.2, 0.25) is 0 Å². The standard InChI is InChI=1S/BH3.Co.Cr.Pt.Re/h1H3;;;;. The largest absolute Gasteiger partial charge is 0.0814 e. The minimum atomic E-state index is 0. The van der Waals surface area contributed by atoms with E-state index in [1.807, 2.05) is 0 Å². The molecule has 0 N–H and O–H groups in total. The fourth-order valence-corrected chi connectivity index (χ4v) is 0. The van der Waals surface area contributed by atoms with Crippen LogP contribution in [0.3, 0.4) is 0 Å². The van der Waals surface area contributed by atoms with E-state index in [1.165, 1.54) is 0 Å². The molecule has 0 saturated heterocycles. The van der Waals surface area contributed by atoms with Crippen molar-refractivity contribution < 1.29 is 75.6 Å². The Labute approximate surface area is 83.1 Å². The molecule has 38 valence electrons. The van der Waals surface area contributed by atoms with Crippen molar-refractivity contribution in [2.45, 2.75) is 0 Å². The predicted molar refractivity (Wildman–Crippen MR) is 9.94 cm³/mol. The molecule has 0 atom stereocenters. The van der Waals surface area contributed by atoms with Crippen LogP contribution in [0.4, 0.5) is 0 Å². The van der Waals surface area contributed by atoms with Gasteiger partial charge in [-0.25, -0.2) is 0 Å². The maximum atomic E-state index is 0. The first kappa shape index (κ1) is 51.5. The van der Waals surface area contributed by atoms with Crippen LogP contribution in [0.15, 0.2) is 0 Å². The summed E-state index contributed by atoms with van der Waals surface area (Å²) in [6, 6.07) is 0. The van der Waals surface area contributed by atoms with Crippen LogP contribution in [-0.4, -0.2) is 8.41 Å². The zero-order valence-corrected chi connectivity index (χ0v) is 8.74. The molecule has 0 aromatic heterocycles. The van der Waals surface area contributed by atoms with Gasteiger partial charge in [0.15, 0.2) is 0 Å². The molecule has 0 aliphatic rings. The summed E-state index contributed by atoms with van der Waals surface area (Å²) < 4.78 is 0. The van der Waals surface area contributed by atoms with Crippen molar-refractivity contribution in [3.63, 3.8) is 0 Å². The second-order valence-corrected chi connectivity index (χ2v) is 0. The Hall–Kier alpha value is 2.45.